The zero-order chi connectivity index (χ0) is 22.8. The fourth-order valence-electron chi connectivity index (χ4n) is 3.75. The van der Waals surface area contributed by atoms with E-state index < -0.39 is 17.6 Å². The van der Waals surface area contributed by atoms with Gasteiger partial charge in [-0.25, -0.2) is 4.79 Å². The fourth-order valence-corrected chi connectivity index (χ4v) is 4.01. The van der Waals surface area contributed by atoms with Crippen LogP contribution in [0.2, 0.25) is 0 Å². The van der Waals surface area contributed by atoms with Crippen molar-refractivity contribution >= 4 is 17.6 Å². The predicted octanol–water partition coefficient (Wildman–Crippen LogP) is 3.98. The minimum atomic E-state index is -1.31. The van der Waals surface area contributed by atoms with Crippen LogP contribution in [0, 0.1) is 0 Å². The van der Waals surface area contributed by atoms with E-state index in [-0.39, 0.29) is 5.56 Å². The zero-order valence-electron chi connectivity index (χ0n) is 17.6. The molecule has 0 spiro atoms. The number of carbonyl (C=O) groups is 1. The maximum Gasteiger partial charge on any atom is 0.341 e. The summed E-state index contributed by atoms with van der Waals surface area (Å²) in [5.74, 6) is 0.119. The van der Waals surface area contributed by atoms with E-state index in [1.165, 1.54) is 19.4 Å². The average Bonchev–Trinajstić information content (AvgIpc) is 3.20. The van der Waals surface area contributed by atoms with Gasteiger partial charge in [0.25, 0.3) is 0 Å². The van der Waals surface area contributed by atoms with Crippen LogP contribution >= 0.6 is 11.6 Å². The molecule has 1 atom stereocenters. The van der Waals surface area contributed by atoms with Crippen LogP contribution in [-0.4, -0.2) is 43.1 Å². The topological polar surface area (TPSA) is 96.2 Å². The molecule has 0 amide bonds. The molecule has 32 heavy (non-hydrogen) atoms. The minimum absolute atomic E-state index is 0.349. The molecule has 1 N–H and O–H groups in total. The molecule has 0 unspecified atom stereocenters. The molecule has 8 nitrogen and oxygen atoms in total. The van der Waals surface area contributed by atoms with Crippen LogP contribution in [0.4, 0.5) is 0 Å². The number of halogens is 1. The number of ether oxygens (including phenoxy) is 4. The van der Waals surface area contributed by atoms with Crippen molar-refractivity contribution in [3.63, 3.8) is 0 Å². The minimum Gasteiger partial charge on any atom is -0.493 e. The maximum absolute atomic E-state index is 12.5. The number of benzene rings is 1. The van der Waals surface area contributed by atoms with Crippen molar-refractivity contribution < 1.29 is 28.8 Å². The second-order valence-corrected chi connectivity index (χ2v) is 7.70. The van der Waals surface area contributed by atoms with E-state index in [1.54, 1.807) is 29.9 Å². The van der Waals surface area contributed by atoms with Crippen molar-refractivity contribution in [1.82, 2.24) is 4.57 Å². The Morgan fingerprint density at radius 1 is 1.25 bits per heavy atom. The Hall–Kier alpha value is -3.23. The Bertz CT molecular complexity index is 1180. The fraction of sp³-hybridized carbons (Fsp3) is 0.304. The number of allylic oxidation sites excluding steroid dienone is 3. The number of hydrogen-bond acceptors (Lipinski definition) is 6. The lowest BCUT2D eigenvalue weighted by Crippen LogP contribution is -2.28. The van der Waals surface area contributed by atoms with Crippen LogP contribution in [0.3, 0.4) is 0 Å². The van der Waals surface area contributed by atoms with Gasteiger partial charge in [0.05, 0.1) is 19.4 Å². The van der Waals surface area contributed by atoms with Crippen LogP contribution in [0.1, 0.15) is 29.4 Å². The lowest BCUT2D eigenvalue weighted by molar-refractivity contribution is 0.0693. The molecule has 0 saturated heterocycles. The summed E-state index contributed by atoms with van der Waals surface area (Å²) >= 11 is 6.38. The number of nitrogens with zero attached hydrogens (tertiary/aromatic N) is 1. The first-order chi connectivity index (χ1) is 15.4. The second kappa shape index (κ2) is 9.10. The van der Waals surface area contributed by atoms with Crippen LogP contribution < -0.4 is 19.6 Å². The number of pyridine rings is 1. The van der Waals surface area contributed by atoms with Gasteiger partial charge in [-0.1, -0.05) is 17.7 Å². The summed E-state index contributed by atoms with van der Waals surface area (Å²) in [5.41, 5.74) is 0.896. The van der Waals surface area contributed by atoms with E-state index in [2.05, 4.69) is 0 Å². The largest absolute Gasteiger partial charge is 0.493 e. The Labute approximate surface area is 189 Å². The first-order valence-corrected chi connectivity index (χ1v) is 10.4. The van der Waals surface area contributed by atoms with Crippen LogP contribution in [-0.2, 0) is 4.74 Å². The van der Waals surface area contributed by atoms with Gasteiger partial charge in [0, 0.05) is 54.6 Å². The van der Waals surface area contributed by atoms with E-state index in [4.69, 9.17) is 30.5 Å². The second-order valence-electron chi connectivity index (χ2n) is 7.29. The summed E-state index contributed by atoms with van der Waals surface area (Å²) in [6.45, 7) is 0.985. The quantitative estimate of drug-likeness (QED) is 0.596. The number of carboxylic acids is 1. The first-order valence-electron chi connectivity index (χ1n) is 10.00. The Morgan fingerprint density at radius 2 is 2.06 bits per heavy atom. The average molecular weight is 460 g/mol. The number of aromatic carboxylic acids is 1. The van der Waals surface area contributed by atoms with Crippen molar-refractivity contribution in [3.8, 4) is 28.5 Å². The molecule has 1 aromatic carbocycles. The van der Waals surface area contributed by atoms with Crippen molar-refractivity contribution in [1.29, 1.82) is 0 Å². The maximum atomic E-state index is 12.5. The van der Waals surface area contributed by atoms with Gasteiger partial charge in [0.15, 0.2) is 16.9 Å². The summed E-state index contributed by atoms with van der Waals surface area (Å²) in [7, 11) is 3.14. The molecule has 168 valence electrons. The summed E-state index contributed by atoms with van der Waals surface area (Å²) < 4.78 is 24.3. The highest BCUT2D eigenvalue weighted by molar-refractivity contribution is 6.32. The van der Waals surface area contributed by atoms with Gasteiger partial charge in [-0.2, -0.15) is 0 Å². The summed E-state index contributed by atoms with van der Waals surface area (Å²) in [5, 5.41) is 9.97. The molecule has 0 saturated carbocycles. The molecule has 2 aliphatic rings. The summed E-state index contributed by atoms with van der Waals surface area (Å²) in [6.07, 6.45) is 5.50. The highest BCUT2D eigenvalue weighted by Gasteiger charge is 2.32. The number of carboxylic acid groups (broad SMARTS) is 1. The third-order valence-electron chi connectivity index (χ3n) is 5.30. The number of aromatic nitrogens is 1. The Balaban J connectivity index is 1.84. The molecule has 2 aromatic rings. The molecule has 1 aliphatic carbocycles. The lowest BCUT2D eigenvalue weighted by atomic mass is 10.0. The van der Waals surface area contributed by atoms with Crippen LogP contribution in [0.5, 0.6) is 17.2 Å². The SMILES string of the molecule is COCCCOc1cc2c(cc1OC)-c1cc(=O)c(C(=O)O)cn1[C@@H](C1=C(Cl)C=CC1)O2. The van der Waals surface area contributed by atoms with Crippen LogP contribution in [0.25, 0.3) is 11.3 Å². The van der Waals surface area contributed by atoms with E-state index in [9.17, 15) is 14.7 Å². The molecule has 2 heterocycles. The molecule has 9 heteroatoms. The third kappa shape index (κ3) is 3.99. The van der Waals surface area contributed by atoms with Gasteiger partial charge in [0.2, 0.25) is 6.23 Å². The van der Waals surface area contributed by atoms with E-state index in [1.807, 2.05) is 6.08 Å². The van der Waals surface area contributed by atoms with E-state index in [0.717, 1.165) is 5.57 Å². The van der Waals surface area contributed by atoms with Gasteiger partial charge in [-0.3, -0.25) is 4.79 Å². The zero-order valence-corrected chi connectivity index (χ0v) is 18.3. The van der Waals surface area contributed by atoms with Crippen LogP contribution in [0.15, 0.2) is 51.9 Å². The highest BCUT2D eigenvalue weighted by Crippen LogP contribution is 2.47. The molecule has 0 bridgehead atoms. The number of fused-ring (bicyclic) bond motifs is 3. The number of methoxy groups -OCH3 is 2. The Kier molecular flexibility index (Phi) is 6.25. The van der Waals surface area contributed by atoms with Gasteiger partial charge in [-0.05, 0) is 18.6 Å². The van der Waals surface area contributed by atoms with E-state index in [0.29, 0.717) is 59.6 Å². The summed E-state index contributed by atoms with van der Waals surface area (Å²) in [4.78, 5) is 24.1. The predicted molar refractivity (Wildman–Crippen MR) is 118 cm³/mol. The molecule has 0 fully saturated rings. The summed E-state index contributed by atoms with van der Waals surface area (Å²) in [6, 6.07) is 4.73. The Morgan fingerprint density at radius 3 is 2.72 bits per heavy atom. The van der Waals surface area contributed by atoms with Crippen molar-refractivity contribution in [3.05, 3.63) is 62.9 Å². The van der Waals surface area contributed by atoms with E-state index >= 15 is 0 Å². The number of rotatable bonds is 8. The van der Waals surface area contributed by atoms with Crippen molar-refractivity contribution in [2.45, 2.75) is 19.1 Å². The monoisotopic (exact) mass is 459 g/mol. The number of hydrogen-bond donors (Lipinski definition) is 1. The molecular formula is C23H22ClNO7. The van der Waals surface area contributed by atoms with Crippen molar-refractivity contribution in [2.24, 2.45) is 0 Å². The first kappa shape index (κ1) is 22.0. The third-order valence-corrected chi connectivity index (χ3v) is 5.67. The smallest absolute Gasteiger partial charge is 0.341 e. The molecule has 1 aliphatic heterocycles. The lowest BCUT2D eigenvalue weighted by Gasteiger charge is -2.33. The van der Waals surface area contributed by atoms with Crippen molar-refractivity contribution in [2.75, 3.05) is 27.4 Å². The van der Waals surface area contributed by atoms with Gasteiger partial charge < -0.3 is 28.6 Å². The molecular weight excluding hydrogens is 438 g/mol. The molecule has 0 radical (unpaired) electrons. The van der Waals surface area contributed by atoms with Gasteiger partial charge in [-0.15, -0.1) is 0 Å². The standard InChI is InChI=1S/C23H22ClNO7/c1-29-7-4-8-31-21-11-19-14(9-20(21)30-2)17-10-18(26)15(23(27)28)12-25(17)22(32-19)13-5-3-6-16(13)24/h3,6,9-12,22H,4-5,7-8H2,1-2H3,(H,27,28)/t22-/m1/s1. The molecule has 4 rings (SSSR count). The van der Waals surface area contributed by atoms with Gasteiger partial charge in [0.1, 0.15) is 11.3 Å². The normalized spacial score (nSPS) is 16.4. The highest BCUT2D eigenvalue weighted by atomic mass is 35.5. The molecule has 1 aromatic heterocycles. The van der Waals surface area contributed by atoms with Gasteiger partial charge >= 0.3 is 5.97 Å².